The van der Waals surface area contributed by atoms with Crippen LogP contribution in [0.5, 0.6) is 0 Å². The molecule has 1 aromatic carbocycles. The summed E-state index contributed by atoms with van der Waals surface area (Å²) in [6.45, 7) is 3.67. The smallest absolute Gasteiger partial charge is 0.335 e. The monoisotopic (exact) mass is 468 g/mol. The highest BCUT2D eigenvalue weighted by Gasteiger charge is 2.14. The Hall–Kier alpha value is -2.30. The Morgan fingerprint density at radius 2 is 1.85 bits per heavy atom. The lowest BCUT2D eigenvalue weighted by Crippen LogP contribution is -2.08. The first-order valence-electron chi connectivity index (χ1n) is 7.80. The molecule has 1 amide bonds. The molecule has 0 saturated heterocycles. The predicted octanol–water partition coefficient (Wildman–Crippen LogP) is 4.94. The first-order valence-corrected chi connectivity index (χ1v) is 9.49. The first kappa shape index (κ1) is 21.0. The molecule has 0 saturated carbocycles. The predicted molar refractivity (Wildman–Crippen MR) is 114 cm³/mol. The van der Waals surface area contributed by atoms with Gasteiger partial charge in [-0.3, -0.25) is 4.79 Å². The van der Waals surface area contributed by atoms with Crippen molar-refractivity contribution in [3.8, 4) is 10.6 Å². The van der Waals surface area contributed by atoms with E-state index < -0.39 is 5.97 Å². The zero-order valence-corrected chi connectivity index (χ0v) is 17.8. The molecule has 0 aliphatic carbocycles. The highest BCUT2D eigenvalue weighted by atomic mass is 79.9. The summed E-state index contributed by atoms with van der Waals surface area (Å²) in [5.74, 6) is -1.03. The second kappa shape index (κ2) is 9.07. The molecular weight excluding hydrogens is 452 g/mol. The Labute approximate surface area is 174 Å². The Kier molecular flexibility index (Phi) is 7.05. The van der Waals surface area contributed by atoms with Gasteiger partial charge in [0.1, 0.15) is 0 Å². The summed E-state index contributed by atoms with van der Waals surface area (Å²) >= 11 is 2.83. The van der Waals surface area contributed by atoms with Crippen molar-refractivity contribution in [2.24, 2.45) is 0 Å². The van der Waals surface area contributed by atoms with E-state index in [1.54, 1.807) is 19.1 Å². The number of carbonyl (C=O) groups excluding carboxylic acids is 1. The van der Waals surface area contributed by atoms with Crippen molar-refractivity contribution in [2.45, 2.75) is 20.3 Å². The van der Waals surface area contributed by atoms with Crippen LogP contribution < -0.4 is 10.6 Å². The summed E-state index contributed by atoms with van der Waals surface area (Å²) in [7, 11) is 0. The molecule has 0 aliphatic rings. The van der Waals surface area contributed by atoms with Crippen LogP contribution in [0.1, 0.15) is 29.4 Å². The van der Waals surface area contributed by atoms with Crippen LogP contribution in [0.15, 0.2) is 29.6 Å². The molecule has 0 fully saturated rings. The van der Waals surface area contributed by atoms with E-state index in [9.17, 15) is 9.59 Å². The molecule has 3 aromatic rings. The van der Waals surface area contributed by atoms with E-state index in [-0.39, 0.29) is 28.5 Å². The summed E-state index contributed by atoms with van der Waals surface area (Å²) in [5.41, 5.74) is 2.58. The van der Waals surface area contributed by atoms with E-state index in [1.165, 1.54) is 34.8 Å². The minimum atomic E-state index is -0.959. The van der Waals surface area contributed by atoms with E-state index in [2.05, 4.69) is 20.6 Å². The zero-order chi connectivity index (χ0) is 18.7. The number of benzene rings is 1. The third kappa shape index (κ3) is 5.12. The number of aromatic nitrogens is 2. The number of carbonyl (C=O) groups is 2. The number of anilines is 3. The Morgan fingerprint density at radius 1 is 1.15 bits per heavy atom. The van der Waals surface area contributed by atoms with Gasteiger partial charge in [0.25, 0.3) is 0 Å². The van der Waals surface area contributed by atoms with E-state index in [4.69, 9.17) is 5.11 Å². The largest absolute Gasteiger partial charge is 0.478 e. The lowest BCUT2D eigenvalue weighted by atomic mass is 10.2. The average Bonchev–Trinajstić information content (AvgIpc) is 3.21. The standard InChI is InChI=1S/C17H16N4O3S2.BrH/c1-3-13(22)21-17-18-9(2)14(26-17)12-8-25-16(20-12)19-11-6-4-10(5-7-11)15(23)24;/h4-8H,3H2,1-2H3,(H,19,20)(H,23,24)(H,18,21,22);1H. The van der Waals surface area contributed by atoms with Gasteiger partial charge in [-0.05, 0) is 31.2 Å². The minimum absolute atomic E-state index is 0. The maximum atomic E-state index is 11.5. The van der Waals surface area contributed by atoms with Crippen LogP contribution in [0.4, 0.5) is 16.0 Å². The molecule has 0 bridgehead atoms. The molecule has 142 valence electrons. The van der Waals surface area contributed by atoms with Crippen molar-refractivity contribution in [3.63, 3.8) is 0 Å². The number of carboxylic acid groups (broad SMARTS) is 1. The fourth-order valence-corrected chi connectivity index (χ4v) is 3.89. The van der Waals surface area contributed by atoms with Crippen LogP contribution in [0.25, 0.3) is 10.6 Å². The van der Waals surface area contributed by atoms with Crippen LogP contribution >= 0.6 is 39.7 Å². The second-order valence-corrected chi connectivity index (χ2v) is 7.24. The van der Waals surface area contributed by atoms with Gasteiger partial charge < -0.3 is 15.7 Å². The highest BCUT2D eigenvalue weighted by Crippen LogP contribution is 2.35. The Bertz CT molecular complexity index is 954. The zero-order valence-electron chi connectivity index (χ0n) is 14.5. The molecule has 0 aliphatic heterocycles. The number of halogens is 1. The average molecular weight is 469 g/mol. The molecule has 0 radical (unpaired) electrons. The number of aromatic carboxylic acids is 1. The number of nitrogens with zero attached hydrogens (tertiary/aromatic N) is 2. The van der Waals surface area contributed by atoms with E-state index in [0.29, 0.717) is 16.7 Å². The van der Waals surface area contributed by atoms with Gasteiger partial charge in [-0.1, -0.05) is 18.3 Å². The molecule has 0 unspecified atom stereocenters. The summed E-state index contributed by atoms with van der Waals surface area (Å²) in [4.78, 5) is 32.2. The fourth-order valence-electron chi connectivity index (χ4n) is 2.15. The second-order valence-electron chi connectivity index (χ2n) is 5.38. The molecule has 27 heavy (non-hydrogen) atoms. The lowest BCUT2D eigenvalue weighted by molar-refractivity contribution is -0.115. The molecule has 10 heteroatoms. The first-order chi connectivity index (χ1) is 12.5. The summed E-state index contributed by atoms with van der Waals surface area (Å²) in [6, 6.07) is 6.46. The Balaban J connectivity index is 0.00000261. The quantitative estimate of drug-likeness (QED) is 0.472. The molecular formula is C17H17BrN4O3S2. The van der Waals surface area contributed by atoms with Gasteiger partial charge in [0.2, 0.25) is 5.91 Å². The van der Waals surface area contributed by atoms with Crippen molar-refractivity contribution < 1.29 is 14.7 Å². The van der Waals surface area contributed by atoms with Crippen LogP contribution in [-0.2, 0) is 4.79 Å². The molecule has 3 rings (SSSR count). The fraction of sp³-hybridized carbons (Fsp3) is 0.176. The van der Waals surface area contributed by atoms with Crippen LogP contribution in [-0.4, -0.2) is 27.0 Å². The number of thiazole rings is 2. The topological polar surface area (TPSA) is 104 Å². The third-order valence-corrected chi connectivity index (χ3v) is 5.34. The van der Waals surface area contributed by atoms with Gasteiger partial charge in [0, 0.05) is 17.5 Å². The Morgan fingerprint density at radius 3 is 2.48 bits per heavy atom. The van der Waals surface area contributed by atoms with Crippen molar-refractivity contribution in [1.29, 1.82) is 0 Å². The number of amides is 1. The van der Waals surface area contributed by atoms with Gasteiger partial charge in [0.15, 0.2) is 10.3 Å². The molecule has 0 spiro atoms. The van der Waals surface area contributed by atoms with Gasteiger partial charge in [0.05, 0.1) is 21.8 Å². The molecule has 2 heterocycles. The maximum Gasteiger partial charge on any atom is 0.335 e. The molecule has 7 nitrogen and oxygen atoms in total. The maximum absolute atomic E-state index is 11.5. The van der Waals surface area contributed by atoms with Crippen molar-refractivity contribution in [3.05, 3.63) is 40.9 Å². The van der Waals surface area contributed by atoms with Crippen LogP contribution in [0, 0.1) is 6.92 Å². The van der Waals surface area contributed by atoms with Gasteiger partial charge >= 0.3 is 5.97 Å². The van der Waals surface area contributed by atoms with Crippen LogP contribution in [0.3, 0.4) is 0 Å². The number of hydrogen-bond donors (Lipinski definition) is 3. The summed E-state index contributed by atoms with van der Waals surface area (Å²) in [5, 5.41) is 18.0. The molecule has 3 N–H and O–H groups in total. The summed E-state index contributed by atoms with van der Waals surface area (Å²) in [6.07, 6.45) is 0.402. The number of rotatable bonds is 6. The van der Waals surface area contributed by atoms with Gasteiger partial charge in [-0.2, -0.15) is 0 Å². The third-order valence-electron chi connectivity index (χ3n) is 3.48. The number of nitrogens with one attached hydrogen (secondary N) is 2. The molecule has 2 aromatic heterocycles. The van der Waals surface area contributed by atoms with Crippen molar-refractivity contribution >= 4 is 67.5 Å². The van der Waals surface area contributed by atoms with Crippen LogP contribution in [0.2, 0.25) is 0 Å². The van der Waals surface area contributed by atoms with E-state index in [0.717, 1.165) is 22.0 Å². The normalized spacial score (nSPS) is 10.1. The SMILES string of the molecule is Br.CCC(=O)Nc1nc(C)c(-c2csc(Nc3ccc(C(=O)O)cc3)n2)s1. The van der Waals surface area contributed by atoms with Gasteiger partial charge in [-0.15, -0.1) is 28.3 Å². The number of aryl methyl sites for hydroxylation is 1. The van der Waals surface area contributed by atoms with Gasteiger partial charge in [-0.25, -0.2) is 14.8 Å². The molecule has 0 atom stereocenters. The van der Waals surface area contributed by atoms with E-state index in [1.807, 2.05) is 12.3 Å². The van der Waals surface area contributed by atoms with Crippen molar-refractivity contribution in [2.75, 3.05) is 10.6 Å². The minimum Gasteiger partial charge on any atom is -0.478 e. The van der Waals surface area contributed by atoms with E-state index >= 15 is 0 Å². The van der Waals surface area contributed by atoms with Crippen molar-refractivity contribution in [1.82, 2.24) is 9.97 Å². The highest BCUT2D eigenvalue weighted by molar-refractivity contribution is 8.93. The number of hydrogen-bond acceptors (Lipinski definition) is 7. The summed E-state index contributed by atoms with van der Waals surface area (Å²) < 4.78 is 0. The number of carboxylic acids is 1. The lowest BCUT2D eigenvalue weighted by Gasteiger charge is -2.02.